The lowest BCUT2D eigenvalue weighted by atomic mass is 9.96. The fourth-order valence-electron chi connectivity index (χ4n) is 4.98. The number of aromatic nitrogens is 2. The van der Waals surface area contributed by atoms with Crippen molar-refractivity contribution in [1.82, 2.24) is 9.66 Å². The maximum atomic E-state index is 13.9. The number of carbonyl (C=O) groups excluding carboxylic acids is 1. The first kappa shape index (κ1) is 33.6. The van der Waals surface area contributed by atoms with Crippen LogP contribution in [-0.2, 0) is 4.79 Å². The van der Waals surface area contributed by atoms with Gasteiger partial charge in [0.05, 0.1) is 31.3 Å². The largest absolute Gasteiger partial charge is 0.496 e. The Morgan fingerprint density at radius 2 is 1.83 bits per heavy atom. The van der Waals surface area contributed by atoms with Crippen LogP contribution in [0.15, 0.2) is 81.1 Å². The van der Waals surface area contributed by atoms with Gasteiger partial charge in [-0.1, -0.05) is 43.6 Å². The number of rotatable bonds is 10. The van der Waals surface area contributed by atoms with E-state index in [1.54, 1.807) is 37.4 Å². The molecular formula is C35H31BrClFN4O5. The molecule has 47 heavy (non-hydrogen) atoms. The van der Waals surface area contributed by atoms with E-state index in [1.165, 1.54) is 36.2 Å². The third-order valence-corrected chi connectivity index (χ3v) is 8.78. The number of hydrogen-bond acceptors (Lipinski definition) is 7. The molecule has 0 saturated carbocycles. The van der Waals surface area contributed by atoms with Crippen LogP contribution in [0.3, 0.4) is 0 Å². The molecule has 4 aromatic carbocycles. The summed E-state index contributed by atoms with van der Waals surface area (Å²) in [6.45, 7) is 5.63. The molecule has 5 aromatic rings. The lowest BCUT2D eigenvalue weighted by Crippen LogP contribution is -2.21. The average Bonchev–Trinajstić information content (AvgIpc) is 3.05. The number of para-hydroxylation sites is 1. The first-order valence-corrected chi connectivity index (χ1v) is 15.7. The van der Waals surface area contributed by atoms with Gasteiger partial charge >= 0.3 is 0 Å². The molecule has 1 heterocycles. The maximum Gasteiger partial charge on any atom is 0.282 e. The fourth-order valence-corrected chi connectivity index (χ4v) is 5.63. The second kappa shape index (κ2) is 14.4. The van der Waals surface area contributed by atoms with E-state index in [4.69, 9.17) is 30.8 Å². The molecule has 242 valence electrons. The van der Waals surface area contributed by atoms with E-state index < -0.39 is 18.3 Å². The van der Waals surface area contributed by atoms with E-state index in [2.05, 4.69) is 40.2 Å². The van der Waals surface area contributed by atoms with E-state index >= 15 is 0 Å². The highest BCUT2D eigenvalue weighted by molar-refractivity contribution is 9.10. The summed E-state index contributed by atoms with van der Waals surface area (Å²) < 4.78 is 32.0. The van der Waals surface area contributed by atoms with Crippen LogP contribution in [0.25, 0.3) is 22.3 Å². The molecule has 9 nitrogen and oxygen atoms in total. The van der Waals surface area contributed by atoms with Crippen LogP contribution in [0, 0.1) is 12.7 Å². The number of fused-ring (bicyclic) bond motifs is 1. The molecule has 0 saturated heterocycles. The molecule has 0 atom stereocenters. The number of benzene rings is 4. The van der Waals surface area contributed by atoms with Crippen LogP contribution < -0.4 is 25.1 Å². The van der Waals surface area contributed by atoms with E-state index in [0.29, 0.717) is 26.8 Å². The van der Waals surface area contributed by atoms with Gasteiger partial charge in [0.25, 0.3) is 11.5 Å². The first-order chi connectivity index (χ1) is 22.5. The summed E-state index contributed by atoms with van der Waals surface area (Å²) in [4.78, 5) is 31.2. The summed E-state index contributed by atoms with van der Waals surface area (Å²) in [6.07, 6.45) is 1.46. The maximum absolute atomic E-state index is 13.9. The molecule has 1 N–H and O–H groups in total. The molecule has 1 amide bonds. The van der Waals surface area contributed by atoms with Crippen molar-refractivity contribution in [3.8, 4) is 28.6 Å². The standard InChI is InChI=1S/C35H31BrClFN4O5/c1-19(2)25-16-26(20(3)13-28(25)45-4)34-41-27-12-7-6-11-24(27)35(44)42(34)39-17-21-14-29(46-5)33(32(37)31(21)36)47-18-30(43)40-23-10-8-9-22(38)15-23/h6-17,19H,18H2,1-5H3,(H,40,43). The third-order valence-electron chi connectivity index (χ3n) is 7.34. The number of anilines is 1. The number of ether oxygens (including phenoxy) is 3. The topological polar surface area (TPSA) is 104 Å². The SMILES string of the molecule is COc1cc(C)c(-c2nc3ccccc3c(=O)n2N=Cc2cc(OC)c(OCC(=O)Nc3cccc(F)c3)c(Cl)c2Br)cc1C(C)C. The number of amides is 1. The van der Waals surface area contributed by atoms with Crippen molar-refractivity contribution in [1.29, 1.82) is 0 Å². The molecular weight excluding hydrogens is 691 g/mol. The van der Waals surface area contributed by atoms with Crippen molar-refractivity contribution in [2.45, 2.75) is 26.7 Å². The summed E-state index contributed by atoms with van der Waals surface area (Å²) in [7, 11) is 3.05. The minimum absolute atomic E-state index is 0.105. The van der Waals surface area contributed by atoms with Crippen LogP contribution in [0.5, 0.6) is 17.2 Å². The minimum atomic E-state index is -0.527. The van der Waals surface area contributed by atoms with E-state index in [1.807, 2.05) is 25.1 Å². The van der Waals surface area contributed by atoms with Crippen molar-refractivity contribution >= 4 is 56.2 Å². The molecule has 0 aliphatic rings. The molecule has 0 spiro atoms. The zero-order valence-corrected chi connectivity index (χ0v) is 28.6. The number of nitrogens with one attached hydrogen (secondary N) is 1. The smallest absolute Gasteiger partial charge is 0.282 e. The summed E-state index contributed by atoms with van der Waals surface area (Å²) in [5, 5.41) is 7.68. The van der Waals surface area contributed by atoms with Crippen LogP contribution in [0.2, 0.25) is 5.02 Å². The van der Waals surface area contributed by atoms with Crippen molar-refractivity contribution in [3.05, 3.63) is 109 Å². The van der Waals surface area contributed by atoms with E-state index in [-0.39, 0.29) is 33.7 Å². The summed E-state index contributed by atoms with van der Waals surface area (Å²) in [5.41, 5.74) is 3.47. The normalized spacial score (nSPS) is 11.3. The van der Waals surface area contributed by atoms with Gasteiger partial charge in [-0.2, -0.15) is 9.78 Å². The number of carbonyl (C=O) groups is 1. The average molecular weight is 722 g/mol. The third kappa shape index (κ3) is 7.16. The molecule has 0 radical (unpaired) electrons. The second-order valence-corrected chi connectivity index (χ2v) is 12.0. The molecule has 0 aliphatic heterocycles. The Morgan fingerprint density at radius 3 is 2.53 bits per heavy atom. The number of aryl methyl sites for hydroxylation is 1. The predicted molar refractivity (Wildman–Crippen MR) is 186 cm³/mol. The number of methoxy groups -OCH3 is 2. The van der Waals surface area contributed by atoms with Crippen LogP contribution in [-0.4, -0.2) is 42.6 Å². The summed E-state index contributed by atoms with van der Waals surface area (Å²) >= 11 is 10.2. The van der Waals surface area contributed by atoms with Gasteiger partial charge in [0.2, 0.25) is 0 Å². The highest BCUT2D eigenvalue weighted by Gasteiger charge is 2.21. The van der Waals surface area contributed by atoms with Crippen LogP contribution >= 0.6 is 27.5 Å². The van der Waals surface area contributed by atoms with Gasteiger partial charge in [0.15, 0.2) is 23.9 Å². The summed E-state index contributed by atoms with van der Waals surface area (Å²) in [6, 6.07) is 18.1. The Kier molecular flexibility index (Phi) is 10.3. The number of nitrogens with zero attached hydrogens (tertiary/aromatic N) is 3. The van der Waals surface area contributed by atoms with Crippen LogP contribution in [0.1, 0.15) is 36.5 Å². The fraction of sp³-hybridized carbons (Fsp3) is 0.200. The lowest BCUT2D eigenvalue weighted by molar-refractivity contribution is -0.118. The van der Waals surface area contributed by atoms with Gasteiger partial charge in [-0.25, -0.2) is 9.37 Å². The van der Waals surface area contributed by atoms with E-state index in [9.17, 15) is 14.0 Å². The van der Waals surface area contributed by atoms with Gasteiger partial charge in [0.1, 0.15) is 16.6 Å². The molecule has 12 heteroatoms. The molecule has 0 bridgehead atoms. The molecule has 5 rings (SSSR count). The van der Waals surface area contributed by atoms with Crippen molar-refractivity contribution in [2.75, 3.05) is 26.1 Å². The second-order valence-electron chi connectivity index (χ2n) is 10.9. The Morgan fingerprint density at radius 1 is 1.09 bits per heavy atom. The zero-order valence-electron chi connectivity index (χ0n) is 26.2. The highest BCUT2D eigenvalue weighted by atomic mass is 79.9. The van der Waals surface area contributed by atoms with Gasteiger partial charge in [-0.05, 0) is 88.4 Å². The summed E-state index contributed by atoms with van der Waals surface area (Å²) in [5.74, 6) is 0.558. The molecule has 1 aromatic heterocycles. The van der Waals surface area contributed by atoms with Gasteiger partial charge in [-0.3, -0.25) is 9.59 Å². The van der Waals surface area contributed by atoms with Crippen molar-refractivity contribution in [3.63, 3.8) is 0 Å². The Labute approximate surface area is 284 Å². The Bertz CT molecular complexity index is 2080. The van der Waals surface area contributed by atoms with Crippen LogP contribution in [0.4, 0.5) is 10.1 Å². The molecule has 0 unspecified atom stereocenters. The number of halogens is 3. The predicted octanol–water partition coefficient (Wildman–Crippen LogP) is 7.97. The van der Waals surface area contributed by atoms with Gasteiger partial charge in [0, 0.05) is 21.3 Å². The molecule has 0 fully saturated rings. The lowest BCUT2D eigenvalue weighted by Gasteiger charge is -2.17. The quantitative estimate of drug-likeness (QED) is 0.147. The molecule has 0 aliphatic carbocycles. The highest BCUT2D eigenvalue weighted by Crippen LogP contribution is 2.42. The van der Waals surface area contributed by atoms with Crippen molar-refractivity contribution in [2.24, 2.45) is 5.10 Å². The van der Waals surface area contributed by atoms with E-state index in [0.717, 1.165) is 22.4 Å². The van der Waals surface area contributed by atoms with Crippen molar-refractivity contribution < 1.29 is 23.4 Å². The zero-order chi connectivity index (χ0) is 33.8. The van der Waals surface area contributed by atoms with Gasteiger partial charge in [-0.15, -0.1) is 0 Å². The minimum Gasteiger partial charge on any atom is -0.496 e. The monoisotopic (exact) mass is 720 g/mol. The first-order valence-electron chi connectivity index (χ1n) is 14.5. The van der Waals surface area contributed by atoms with Gasteiger partial charge < -0.3 is 19.5 Å². The Hall–Kier alpha value is -4.74. The Balaban J connectivity index is 1.54. The number of hydrogen-bond donors (Lipinski definition) is 1.